The minimum absolute atomic E-state index is 0.234. The first-order chi connectivity index (χ1) is 11.6. The molecule has 24 heavy (non-hydrogen) atoms. The molecule has 2 amide bonds. The first-order valence-corrected chi connectivity index (χ1v) is 9.32. The fourth-order valence-electron chi connectivity index (χ4n) is 4.53. The standard InChI is InChI=1S/C18H29N3O3/c1-3-24-17(22)16-12(2)19-18(23)20-14(16)11-21-10-6-9-15(21)13-7-4-5-8-13/h12-13,15H,3-11H2,1-2H3,(H2,19,20,23)/t12-,15-/m0/s1. The normalized spacial score (nSPS) is 28.8. The maximum absolute atomic E-state index is 12.3. The molecule has 6 nitrogen and oxygen atoms in total. The van der Waals surface area contributed by atoms with Gasteiger partial charge in [0.1, 0.15) is 0 Å². The van der Waals surface area contributed by atoms with Crippen LogP contribution in [0.4, 0.5) is 4.79 Å². The van der Waals surface area contributed by atoms with Crippen molar-refractivity contribution < 1.29 is 14.3 Å². The highest BCUT2D eigenvalue weighted by molar-refractivity contribution is 5.94. The second-order valence-corrected chi connectivity index (χ2v) is 7.16. The number of likely N-dealkylation sites (tertiary alicyclic amines) is 1. The van der Waals surface area contributed by atoms with Crippen LogP contribution in [0.15, 0.2) is 11.3 Å². The average Bonchev–Trinajstić information content (AvgIpc) is 3.17. The highest BCUT2D eigenvalue weighted by Gasteiger charge is 2.36. The number of hydrogen-bond donors (Lipinski definition) is 2. The van der Waals surface area contributed by atoms with Gasteiger partial charge in [-0.3, -0.25) is 4.90 Å². The summed E-state index contributed by atoms with van der Waals surface area (Å²) in [5.74, 6) is 0.443. The molecule has 3 aliphatic rings. The van der Waals surface area contributed by atoms with E-state index in [1.165, 1.54) is 38.5 Å². The van der Waals surface area contributed by atoms with Crippen molar-refractivity contribution in [3.05, 3.63) is 11.3 Å². The monoisotopic (exact) mass is 335 g/mol. The van der Waals surface area contributed by atoms with E-state index >= 15 is 0 Å². The van der Waals surface area contributed by atoms with Crippen LogP contribution in [-0.2, 0) is 9.53 Å². The Kier molecular flexibility index (Phi) is 5.43. The zero-order valence-electron chi connectivity index (χ0n) is 14.8. The fourth-order valence-corrected chi connectivity index (χ4v) is 4.53. The fraction of sp³-hybridized carbons (Fsp3) is 0.778. The van der Waals surface area contributed by atoms with Crippen LogP contribution in [0.2, 0.25) is 0 Å². The predicted octanol–water partition coefficient (Wildman–Crippen LogP) is 2.16. The van der Waals surface area contributed by atoms with Crippen molar-refractivity contribution in [2.24, 2.45) is 5.92 Å². The Bertz CT molecular complexity index is 526. The van der Waals surface area contributed by atoms with Crippen molar-refractivity contribution in [2.75, 3.05) is 19.7 Å². The molecule has 0 aromatic heterocycles. The Morgan fingerprint density at radius 2 is 2.00 bits per heavy atom. The van der Waals surface area contributed by atoms with Crippen LogP contribution < -0.4 is 10.6 Å². The average molecular weight is 335 g/mol. The summed E-state index contributed by atoms with van der Waals surface area (Å²) < 4.78 is 5.20. The molecular formula is C18H29N3O3. The molecule has 0 spiro atoms. The van der Waals surface area contributed by atoms with E-state index in [0.29, 0.717) is 24.8 Å². The van der Waals surface area contributed by atoms with Crippen LogP contribution in [0.3, 0.4) is 0 Å². The number of nitrogens with one attached hydrogen (secondary N) is 2. The van der Waals surface area contributed by atoms with E-state index in [0.717, 1.165) is 18.2 Å². The van der Waals surface area contributed by atoms with E-state index in [4.69, 9.17) is 4.74 Å². The van der Waals surface area contributed by atoms with Crippen molar-refractivity contribution >= 4 is 12.0 Å². The molecule has 2 aliphatic heterocycles. The van der Waals surface area contributed by atoms with E-state index < -0.39 is 0 Å². The summed E-state index contributed by atoms with van der Waals surface area (Å²) in [6.45, 7) is 5.65. The Balaban J connectivity index is 1.79. The van der Waals surface area contributed by atoms with E-state index in [2.05, 4.69) is 15.5 Å². The molecule has 0 unspecified atom stereocenters. The molecule has 134 valence electrons. The van der Waals surface area contributed by atoms with Gasteiger partial charge in [0.25, 0.3) is 0 Å². The molecule has 2 fully saturated rings. The van der Waals surface area contributed by atoms with Crippen LogP contribution in [0.5, 0.6) is 0 Å². The van der Waals surface area contributed by atoms with Crippen LogP contribution >= 0.6 is 0 Å². The smallest absolute Gasteiger partial charge is 0.337 e. The summed E-state index contributed by atoms with van der Waals surface area (Å²) in [6.07, 6.45) is 7.73. The van der Waals surface area contributed by atoms with Crippen LogP contribution in [0.25, 0.3) is 0 Å². The number of ether oxygens (including phenoxy) is 1. The third kappa shape index (κ3) is 3.58. The summed E-state index contributed by atoms with van der Waals surface area (Å²) in [6, 6.07) is 0.0352. The Hall–Kier alpha value is -1.56. The number of carbonyl (C=O) groups is 2. The van der Waals surface area contributed by atoms with Crippen molar-refractivity contribution in [1.29, 1.82) is 0 Å². The SMILES string of the molecule is CCOC(=O)C1=C(CN2CCC[C@H]2C2CCCC2)NC(=O)N[C@H]1C. The first kappa shape index (κ1) is 17.3. The highest BCUT2D eigenvalue weighted by Crippen LogP contribution is 2.35. The summed E-state index contributed by atoms with van der Waals surface area (Å²) in [5.41, 5.74) is 1.28. The molecule has 0 aromatic carbocycles. The van der Waals surface area contributed by atoms with Gasteiger partial charge in [0.2, 0.25) is 0 Å². The van der Waals surface area contributed by atoms with E-state index in [9.17, 15) is 9.59 Å². The van der Waals surface area contributed by atoms with Gasteiger partial charge in [-0.1, -0.05) is 12.8 Å². The van der Waals surface area contributed by atoms with Crippen molar-refractivity contribution in [3.63, 3.8) is 0 Å². The lowest BCUT2D eigenvalue weighted by Crippen LogP contribution is -2.51. The predicted molar refractivity (Wildman–Crippen MR) is 91.3 cm³/mol. The van der Waals surface area contributed by atoms with Gasteiger partial charge in [-0.05, 0) is 52.0 Å². The summed E-state index contributed by atoms with van der Waals surface area (Å²) in [4.78, 5) is 26.7. The maximum atomic E-state index is 12.3. The lowest BCUT2D eigenvalue weighted by Gasteiger charge is -2.33. The van der Waals surface area contributed by atoms with Gasteiger partial charge >= 0.3 is 12.0 Å². The van der Waals surface area contributed by atoms with Gasteiger partial charge in [0, 0.05) is 18.3 Å². The molecule has 2 atom stereocenters. The number of nitrogens with zero attached hydrogens (tertiary/aromatic N) is 1. The maximum Gasteiger partial charge on any atom is 0.337 e. The largest absolute Gasteiger partial charge is 0.463 e. The number of urea groups is 1. The van der Waals surface area contributed by atoms with Crippen LogP contribution in [0.1, 0.15) is 52.4 Å². The summed E-state index contributed by atoms with van der Waals surface area (Å²) in [7, 11) is 0. The molecule has 0 radical (unpaired) electrons. The molecular weight excluding hydrogens is 306 g/mol. The zero-order valence-corrected chi connectivity index (χ0v) is 14.8. The quantitative estimate of drug-likeness (QED) is 0.755. The third-order valence-corrected chi connectivity index (χ3v) is 5.58. The van der Waals surface area contributed by atoms with Gasteiger partial charge in [0.05, 0.1) is 18.2 Å². The van der Waals surface area contributed by atoms with Crippen molar-refractivity contribution in [3.8, 4) is 0 Å². The van der Waals surface area contributed by atoms with E-state index in [1.54, 1.807) is 6.92 Å². The highest BCUT2D eigenvalue weighted by atomic mass is 16.5. The molecule has 2 N–H and O–H groups in total. The molecule has 3 rings (SSSR count). The molecule has 0 bridgehead atoms. The minimum atomic E-state index is -0.330. The second-order valence-electron chi connectivity index (χ2n) is 7.16. The van der Waals surface area contributed by atoms with Gasteiger partial charge in [-0.15, -0.1) is 0 Å². The molecule has 1 saturated heterocycles. The lowest BCUT2D eigenvalue weighted by molar-refractivity contribution is -0.139. The van der Waals surface area contributed by atoms with Crippen LogP contribution in [0, 0.1) is 5.92 Å². The molecule has 1 aliphatic carbocycles. The number of amides is 2. The molecule has 0 aromatic rings. The Labute approximate surface area is 144 Å². The molecule has 2 heterocycles. The van der Waals surface area contributed by atoms with Gasteiger partial charge in [-0.25, -0.2) is 9.59 Å². The lowest BCUT2D eigenvalue weighted by atomic mass is 9.95. The Morgan fingerprint density at radius 1 is 1.25 bits per heavy atom. The summed E-state index contributed by atoms with van der Waals surface area (Å²) in [5, 5.41) is 5.62. The zero-order chi connectivity index (χ0) is 17.1. The van der Waals surface area contributed by atoms with Gasteiger partial charge in [0.15, 0.2) is 0 Å². The number of carbonyl (C=O) groups excluding carboxylic acids is 2. The van der Waals surface area contributed by atoms with E-state index in [1.807, 2.05) is 6.92 Å². The number of hydrogen-bond acceptors (Lipinski definition) is 4. The molecule has 1 saturated carbocycles. The van der Waals surface area contributed by atoms with Crippen molar-refractivity contribution in [1.82, 2.24) is 15.5 Å². The topological polar surface area (TPSA) is 70.7 Å². The number of rotatable bonds is 5. The number of esters is 1. The second kappa shape index (κ2) is 7.55. The van der Waals surface area contributed by atoms with E-state index in [-0.39, 0.29) is 18.0 Å². The summed E-state index contributed by atoms with van der Waals surface area (Å²) >= 11 is 0. The van der Waals surface area contributed by atoms with Crippen molar-refractivity contribution in [2.45, 2.75) is 64.5 Å². The van der Waals surface area contributed by atoms with Gasteiger partial charge in [-0.2, -0.15) is 0 Å². The van der Waals surface area contributed by atoms with Gasteiger partial charge < -0.3 is 15.4 Å². The third-order valence-electron chi connectivity index (χ3n) is 5.58. The Morgan fingerprint density at radius 3 is 2.71 bits per heavy atom. The first-order valence-electron chi connectivity index (χ1n) is 9.32. The molecule has 6 heteroatoms. The van der Waals surface area contributed by atoms with Crippen LogP contribution in [-0.4, -0.2) is 48.7 Å². The minimum Gasteiger partial charge on any atom is -0.463 e.